The van der Waals surface area contributed by atoms with E-state index >= 15 is 0 Å². The van der Waals surface area contributed by atoms with E-state index < -0.39 is 0 Å². The van der Waals surface area contributed by atoms with Crippen molar-refractivity contribution in [3.63, 3.8) is 0 Å². The topological polar surface area (TPSA) is 89.8 Å². The lowest BCUT2D eigenvalue weighted by Gasteiger charge is -2.15. The van der Waals surface area contributed by atoms with E-state index in [1.807, 2.05) is 10.5 Å². The Hall–Kier alpha value is -3.23. The first kappa shape index (κ1) is 20.7. The first-order chi connectivity index (χ1) is 15.5. The number of carbonyl (C=O) groups is 1. The van der Waals surface area contributed by atoms with Gasteiger partial charge in [0.25, 0.3) is 5.91 Å². The molecule has 0 bridgehead atoms. The summed E-state index contributed by atoms with van der Waals surface area (Å²) in [5.41, 5.74) is 3.03. The van der Waals surface area contributed by atoms with E-state index in [0.717, 1.165) is 18.4 Å². The fourth-order valence-electron chi connectivity index (χ4n) is 3.51. The number of aromatic nitrogens is 3. The molecule has 1 amide bonds. The number of amides is 1. The Morgan fingerprint density at radius 2 is 1.75 bits per heavy atom. The summed E-state index contributed by atoms with van der Waals surface area (Å²) in [6.45, 7) is 0. The van der Waals surface area contributed by atoms with Crippen LogP contribution in [0.2, 0.25) is 10.0 Å². The van der Waals surface area contributed by atoms with Gasteiger partial charge in [-0.2, -0.15) is 0 Å². The number of carbonyl (C=O) groups excluding carboxylic acids is 1. The van der Waals surface area contributed by atoms with Crippen molar-refractivity contribution in [3.8, 4) is 11.5 Å². The third-order valence-electron chi connectivity index (χ3n) is 5.31. The molecule has 0 atom stereocenters. The summed E-state index contributed by atoms with van der Waals surface area (Å²) in [5, 5.41) is 6.76. The van der Waals surface area contributed by atoms with E-state index in [0.29, 0.717) is 49.6 Å². The largest absolute Gasteiger partial charge is 0.493 e. The number of fused-ring (bicyclic) bond motifs is 3. The molecule has 0 aliphatic heterocycles. The van der Waals surface area contributed by atoms with E-state index in [2.05, 4.69) is 15.6 Å². The van der Waals surface area contributed by atoms with Gasteiger partial charge >= 0.3 is 0 Å². The lowest BCUT2D eigenvalue weighted by Crippen LogP contribution is -2.25. The van der Waals surface area contributed by atoms with Crippen LogP contribution in [0.1, 0.15) is 23.2 Å². The normalized spacial score (nSPS) is 13.4. The number of benzene rings is 2. The Morgan fingerprint density at radius 1 is 1.06 bits per heavy atom. The first-order valence-corrected chi connectivity index (χ1v) is 10.7. The van der Waals surface area contributed by atoms with Crippen LogP contribution >= 0.6 is 23.2 Å². The summed E-state index contributed by atoms with van der Waals surface area (Å²) in [7, 11) is 3.15. The van der Waals surface area contributed by atoms with E-state index in [9.17, 15) is 4.79 Å². The van der Waals surface area contributed by atoms with Gasteiger partial charge in [-0.3, -0.25) is 9.20 Å². The Kier molecular flexibility index (Phi) is 5.19. The van der Waals surface area contributed by atoms with Crippen molar-refractivity contribution >= 4 is 57.2 Å². The lowest BCUT2D eigenvalue weighted by atomic mass is 10.2. The molecule has 1 fully saturated rings. The van der Waals surface area contributed by atoms with Crippen molar-refractivity contribution in [1.82, 2.24) is 19.7 Å². The maximum atomic E-state index is 12.4. The Morgan fingerprint density at radius 3 is 2.41 bits per heavy atom. The molecular weight excluding hydrogens is 453 g/mol. The van der Waals surface area contributed by atoms with Crippen molar-refractivity contribution in [2.75, 3.05) is 19.5 Å². The van der Waals surface area contributed by atoms with Gasteiger partial charge in [0, 0.05) is 23.7 Å². The number of nitrogens with one attached hydrogen (secondary N) is 2. The van der Waals surface area contributed by atoms with Crippen LogP contribution in [0.15, 0.2) is 36.8 Å². The molecule has 10 heteroatoms. The molecule has 1 aliphatic rings. The van der Waals surface area contributed by atoms with Gasteiger partial charge in [-0.05, 0) is 25.0 Å². The van der Waals surface area contributed by atoms with Crippen LogP contribution in [0.4, 0.5) is 11.5 Å². The Balaban J connectivity index is 1.57. The zero-order valence-electron chi connectivity index (χ0n) is 17.3. The van der Waals surface area contributed by atoms with Crippen molar-refractivity contribution in [2.45, 2.75) is 18.9 Å². The van der Waals surface area contributed by atoms with E-state index in [1.165, 1.54) is 0 Å². The molecule has 2 aromatic heterocycles. The number of methoxy groups -OCH3 is 2. The summed E-state index contributed by atoms with van der Waals surface area (Å²) in [4.78, 5) is 21.4. The molecule has 1 saturated carbocycles. The summed E-state index contributed by atoms with van der Waals surface area (Å²) >= 11 is 13.0. The van der Waals surface area contributed by atoms with Crippen LogP contribution in [0, 0.1) is 0 Å². The highest BCUT2D eigenvalue weighted by molar-refractivity contribution is 6.40. The molecule has 0 radical (unpaired) electrons. The van der Waals surface area contributed by atoms with Crippen LogP contribution in [0.3, 0.4) is 0 Å². The second-order valence-electron chi connectivity index (χ2n) is 7.49. The van der Waals surface area contributed by atoms with E-state index in [4.69, 9.17) is 37.7 Å². The number of imidazole rings is 1. The predicted octanol–water partition coefficient (Wildman–Crippen LogP) is 4.84. The standard InChI is InChI=1S/C22H19Cl2N5O3/c1-31-18-7-15-16(8-19(18)32-2)29-10-25-9-17(29)21(27-15)28-20-13(23)5-11(6-14(20)24)22(30)26-12-3-4-12/h5-10,12H,3-4H2,1-2H3,(H,26,30)(H,27,28). The molecule has 0 spiro atoms. The quantitative estimate of drug-likeness (QED) is 0.418. The fraction of sp³-hybridized carbons (Fsp3) is 0.227. The first-order valence-electron chi connectivity index (χ1n) is 9.93. The number of hydrogen-bond acceptors (Lipinski definition) is 6. The maximum absolute atomic E-state index is 12.4. The minimum absolute atomic E-state index is 0.189. The van der Waals surface area contributed by atoms with Gasteiger partial charge in [0.2, 0.25) is 0 Å². The van der Waals surface area contributed by atoms with Crippen molar-refractivity contribution < 1.29 is 14.3 Å². The van der Waals surface area contributed by atoms with Crippen LogP contribution < -0.4 is 20.1 Å². The third-order valence-corrected chi connectivity index (χ3v) is 5.91. The SMILES string of the molecule is COc1cc2nc(Nc3c(Cl)cc(C(=O)NC4CC4)cc3Cl)c3cncn3c2cc1OC. The molecule has 1 aliphatic carbocycles. The van der Waals surface area contributed by atoms with Gasteiger partial charge < -0.3 is 20.1 Å². The van der Waals surface area contributed by atoms with Gasteiger partial charge in [-0.1, -0.05) is 23.2 Å². The summed E-state index contributed by atoms with van der Waals surface area (Å²) in [5.74, 6) is 1.45. The monoisotopic (exact) mass is 471 g/mol. The molecule has 5 rings (SSSR count). The Bertz CT molecular complexity index is 1340. The molecular formula is C22H19Cl2N5O3. The molecule has 2 heterocycles. The summed E-state index contributed by atoms with van der Waals surface area (Å²) in [6.07, 6.45) is 5.37. The number of ether oxygens (including phenoxy) is 2. The highest BCUT2D eigenvalue weighted by atomic mass is 35.5. The van der Waals surface area contributed by atoms with Crippen LogP contribution in [0.5, 0.6) is 11.5 Å². The number of nitrogens with zero attached hydrogens (tertiary/aromatic N) is 3. The second-order valence-corrected chi connectivity index (χ2v) is 8.31. The average Bonchev–Trinajstić information content (AvgIpc) is 3.45. The number of anilines is 2. The molecule has 164 valence electrons. The van der Waals surface area contributed by atoms with Gasteiger partial charge in [0.05, 0.1) is 53.5 Å². The Labute approximate surface area is 193 Å². The fourth-order valence-corrected chi connectivity index (χ4v) is 4.09. The minimum Gasteiger partial charge on any atom is -0.493 e. The van der Waals surface area contributed by atoms with Crippen LogP contribution in [-0.2, 0) is 0 Å². The molecule has 4 aromatic rings. The van der Waals surface area contributed by atoms with Crippen molar-refractivity contribution in [1.29, 1.82) is 0 Å². The highest BCUT2D eigenvalue weighted by Gasteiger charge is 2.25. The van der Waals surface area contributed by atoms with Crippen molar-refractivity contribution in [3.05, 3.63) is 52.4 Å². The van der Waals surface area contributed by atoms with E-state index in [-0.39, 0.29) is 11.9 Å². The molecule has 32 heavy (non-hydrogen) atoms. The number of hydrogen-bond donors (Lipinski definition) is 2. The molecule has 0 unspecified atom stereocenters. The molecule has 2 aromatic carbocycles. The maximum Gasteiger partial charge on any atom is 0.251 e. The third kappa shape index (κ3) is 3.65. The van der Waals surface area contributed by atoms with Gasteiger partial charge in [0.1, 0.15) is 5.52 Å². The van der Waals surface area contributed by atoms with Gasteiger partial charge in [0.15, 0.2) is 17.3 Å². The number of rotatable bonds is 6. The zero-order chi connectivity index (χ0) is 22.4. The molecule has 2 N–H and O–H groups in total. The molecule has 0 saturated heterocycles. The molecule has 8 nitrogen and oxygen atoms in total. The summed E-state index contributed by atoms with van der Waals surface area (Å²) in [6, 6.07) is 7.05. The zero-order valence-corrected chi connectivity index (χ0v) is 18.8. The predicted molar refractivity (Wildman–Crippen MR) is 124 cm³/mol. The lowest BCUT2D eigenvalue weighted by molar-refractivity contribution is 0.0951. The van der Waals surface area contributed by atoms with Crippen molar-refractivity contribution in [2.24, 2.45) is 0 Å². The minimum atomic E-state index is -0.189. The van der Waals surface area contributed by atoms with Crippen LogP contribution in [0.25, 0.3) is 16.6 Å². The summed E-state index contributed by atoms with van der Waals surface area (Å²) < 4.78 is 12.7. The average molecular weight is 472 g/mol. The van der Waals surface area contributed by atoms with Gasteiger partial charge in [-0.15, -0.1) is 0 Å². The second kappa shape index (κ2) is 8.03. The van der Waals surface area contributed by atoms with Gasteiger partial charge in [-0.25, -0.2) is 9.97 Å². The van der Waals surface area contributed by atoms with Crippen LogP contribution in [-0.4, -0.2) is 40.5 Å². The number of halogens is 2. The highest BCUT2D eigenvalue weighted by Crippen LogP contribution is 2.37. The smallest absolute Gasteiger partial charge is 0.251 e. The van der Waals surface area contributed by atoms with E-state index in [1.54, 1.807) is 44.9 Å².